The van der Waals surface area contributed by atoms with Gasteiger partial charge in [0.2, 0.25) is 5.95 Å². The van der Waals surface area contributed by atoms with Gasteiger partial charge < -0.3 is 15.1 Å². The van der Waals surface area contributed by atoms with Crippen molar-refractivity contribution in [1.29, 1.82) is 0 Å². The number of fused-ring (bicyclic) bond motifs is 3. The van der Waals surface area contributed by atoms with Gasteiger partial charge in [0, 0.05) is 43.1 Å². The first-order valence-electron chi connectivity index (χ1n) is 11.5. The number of benzene rings is 1. The van der Waals surface area contributed by atoms with Crippen molar-refractivity contribution in [3.63, 3.8) is 0 Å². The molecule has 2 fully saturated rings. The summed E-state index contributed by atoms with van der Waals surface area (Å²) in [7, 11) is 0. The molecule has 1 aliphatic carbocycles. The van der Waals surface area contributed by atoms with Gasteiger partial charge in [-0.2, -0.15) is 5.10 Å². The standard InChI is InChI=1S/C24H28N8/c1-3-30-8-10-31(11-9-30)20-15-25-21(12-16(20)2)28-24-26-13-17-4-5-18-14-27-32(19-6-7-19)23(18)22(17)29-24/h4-5,12-15,19H,3,6-11H2,1-2H3,(H,25,26,28,29). The van der Waals surface area contributed by atoms with E-state index in [9.17, 15) is 0 Å². The van der Waals surface area contributed by atoms with Gasteiger partial charge in [0.25, 0.3) is 0 Å². The molecule has 0 radical (unpaired) electrons. The number of rotatable bonds is 5. The summed E-state index contributed by atoms with van der Waals surface area (Å²) < 4.78 is 2.13. The zero-order valence-corrected chi connectivity index (χ0v) is 18.6. The summed E-state index contributed by atoms with van der Waals surface area (Å²) in [6.45, 7) is 9.78. The summed E-state index contributed by atoms with van der Waals surface area (Å²) in [5.41, 5.74) is 4.45. The number of nitrogens with one attached hydrogen (secondary N) is 1. The van der Waals surface area contributed by atoms with Gasteiger partial charge in [-0.25, -0.2) is 15.0 Å². The number of likely N-dealkylation sites (N-methyl/N-ethyl adjacent to an activating group) is 1. The average molecular weight is 429 g/mol. The van der Waals surface area contributed by atoms with Crippen molar-refractivity contribution >= 4 is 39.3 Å². The quantitative estimate of drug-likeness (QED) is 0.517. The number of pyridine rings is 1. The first-order valence-corrected chi connectivity index (χ1v) is 11.5. The molecule has 1 aromatic carbocycles. The molecule has 2 aliphatic rings. The second kappa shape index (κ2) is 7.70. The van der Waals surface area contributed by atoms with Crippen molar-refractivity contribution in [2.24, 2.45) is 0 Å². The molecule has 164 valence electrons. The molecule has 1 saturated heterocycles. The Morgan fingerprint density at radius 3 is 2.56 bits per heavy atom. The Hall–Kier alpha value is -3.26. The molecule has 6 rings (SSSR count). The van der Waals surface area contributed by atoms with Crippen molar-refractivity contribution < 1.29 is 0 Å². The molecule has 0 atom stereocenters. The zero-order chi connectivity index (χ0) is 21.7. The van der Waals surface area contributed by atoms with Crippen LogP contribution < -0.4 is 10.2 Å². The van der Waals surface area contributed by atoms with Gasteiger partial charge in [-0.3, -0.25) is 4.68 Å². The number of aromatic nitrogens is 5. The minimum atomic E-state index is 0.500. The molecule has 4 aromatic rings. The lowest BCUT2D eigenvalue weighted by molar-refractivity contribution is 0.271. The van der Waals surface area contributed by atoms with Crippen molar-refractivity contribution in [3.8, 4) is 0 Å². The second-order valence-corrected chi connectivity index (χ2v) is 8.86. The van der Waals surface area contributed by atoms with Crippen LogP contribution in [0.4, 0.5) is 17.5 Å². The lowest BCUT2D eigenvalue weighted by Gasteiger charge is -2.36. The van der Waals surface area contributed by atoms with E-state index < -0.39 is 0 Å². The molecule has 8 nitrogen and oxygen atoms in total. The molecule has 1 aliphatic heterocycles. The highest BCUT2D eigenvalue weighted by molar-refractivity contribution is 6.03. The van der Waals surface area contributed by atoms with E-state index in [1.807, 2.05) is 18.6 Å². The summed E-state index contributed by atoms with van der Waals surface area (Å²) in [6.07, 6.45) is 8.16. The Bertz CT molecular complexity index is 1280. The van der Waals surface area contributed by atoms with Gasteiger partial charge in [-0.15, -0.1) is 0 Å². The van der Waals surface area contributed by atoms with Gasteiger partial charge >= 0.3 is 0 Å². The highest BCUT2D eigenvalue weighted by atomic mass is 15.3. The molecule has 3 aromatic heterocycles. The lowest BCUT2D eigenvalue weighted by atomic mass is 10.2. The van der Waals surface area contributed by atoms with Crippen LogP contribution >= 0.6 is 0 Å². The Balaban J connectivity index is 1.28. The predicted molar refractivity (Wildman–Crippen MR) is 128 cm³/mol. The smallest absolute Gasteiger partial charge is 0.228 e. The van der Waals surface area contributed by atoms with E-state index in [0.717, 1.165) is 60.3 Å². The topological polar surface area (TPSA) is 75.0 Å². The zero-order valence-electron chi connectivity index (χ0n) is 18.6. The molecule has 4 heterocycles. The third kappa shape index (κ3) is 3.44. The summed E-state index contributed by atoms with van der Waals surface area (Å²) in [6, 6.07) is 6.75. The van der Waals surface area contributed by atoms with Crippen LogP contribution in [0, 0.1) is 6.92 Å². The van der Waals surface area contributed by atoms with Crippen LogP contribution in [-0.2, 0) is 0 Å². The van der Waals surface area contributed by atoms with Crippen molar-refractivity contribution in [2.45, 2.75) is 32.7 Å². The molecule has 0 amide bonds. The summed E-state index contributed by atoms with van der Waals surface area (Å²) in [4.78, 5) is 19.0. The fourth-order valence-electron chi connectivity index (χ4n) is 4.65. The molecular formula is C24H28N8. The lowest BCUT2D eigenvalue weighted by Crippen LogP contribution is -2.46. The van der Waals surface area contributed by atoms with Gasteiger partial charge in [0.15, 0.2) is 0 Å². The first kappa shape index (κ1) is 19.4. The monoisotopic (exact) mass is 428 g/mol. The molecule has 1 saturated carbocycles. The van der Waals surface area contributed by atoms with Gasteiger partial charge in [0.05, 0.1) is 29.6 Å². The number of piperazine rings is 1. The minimum absolute atomic E-state index is 0.500. The molecular weight excluding hydrogens is 400 g/mol. The van der Waals surface area contributed by atoms with E-state index >= 15 is 0 Å². The number of hydrogen-bond donors (Lipinski definition) is 1. The normalized spacial score (nSPS) is 17.4. The maximum absolute atomic E-state index is 4.86. The van der Waals surface area contributed by atoms with Crippen molar-refractivity contribution in [3.05, 3.63) is 42.4 Å². The Labute approximate surface area is 187 Å². The van der Waals surface area contributed by atoms with E-state index in [2.05, 4.69) is 66.9 Å². The molecule has 32 heavy (non-hydrogen) atoms. The molecule has 1 N–H and O–H groups in total. The van der Waals surface area contributed by atoms with Crippen LogP contribution in [0.3, 0.4) is 0 Å². The molecule has 0 unspecified atom stereocenters. The Morgan fingerprint density at radius 2 is 1.81 bits per heavy atom. The van der Waals surface area contributed by atoms with E-state index in [-0.39, 0.29) is 0 Å². The average Bonchev–Trinajstić information content (AvgIpc) is 3.57. The molecule has 0 spiro atoms. The minimum Gasteiger partial charge on any atom is -0.368 e. The van der Waals surface area contributed by atoms with Crippen LogP contribution in [-0.4, -0.2) is 62.4 Å². The van der Waals surface area contributed by atoms with Crippen LogP contribution in [0.25, 0.3) is 21.8 Å². The van der Waals surface area contributed by atoms with E-state index in [4.69, 9.17) is 4.98 Å². The Kier molecular flexibility index (Phi) is 4.68. The summed E-state index contributed by atoms with van der Waals surface area (Å²) >= 11 is 0. The number of aryl methyl sites for hydroxylation is 1. The van der Waals surface area contributed by atoms with Crippen molar-refractivity contribution in [1.82, 2.24) is 29.6 Å². The summed E-state index contributed by atoms with van der Waals surface area (Å²) in [5.74, 6) is 1.32. The van der Waals surface area contributed by atoms with Crippen LogP contribution in [0.15, 0.2) is 36.8 Å². The number of anilines is 3. The maximum Gasteiger partial charge on any atom is 0.228 e. The van der Waals surface area contributed by atoms with Crippen LogP contribution in [0.5, 0.6) is 0 Å². The SMILES string of the molecule is CCN1CCN(c2cnc(Nc3ncc4ccc5cnn(C6CC6)c5c4n3)cc2C)CC1. The third-order valence-corrected chi connectivity index (χ3v) is 6.68. The van der Waals surface area contributed by atoms with Crippen LogP contribution in [0.1, 0.15) is 31.4 Å². The fraction of sp³-hybridized carbons (Fsp3) is 0.417. The maximum atomic E-state index is 4.86. The molecule has 8 heteroatoms. The fourth-order valence-corrected chi connectivity index (χ4v) is 4.65. The van der Waals surface area contributed by atoms with E-state index in [1.54, 1.807) is 0 Å². The largest absolute Gasteiger partial charge is 0.368 e. The summed E-state index contributed by atoms with van der Waals surface area (Å²) in [5, 5.41) is 10.1. The van der Waals surface area contributed by atoms with E-state index in [1.165, 1.54) is 24.1 Å². The predicted octanol–water partition coefficient (Wildman–Crippen LogP) is 3.90. The first-order chi connectivity index (χ1) is 15.7. The molecule has 0 bridgehead atoms. The van der Waals surface area contributed by atoms with Crippen molar-refractivity contribution in [2.75, 3.05) is 42.9 Å². The highest BCUT2D eigenvalue weighted by Crippen LogP contribution is 2.38. The number of nitrogens with zero attached hydrogens (tertiary/aromatic N) is 7. The number of hydrogen-bond acceptors (Lipinski definition) is 7. The van der Waals surface area contributed by atoms with Crippen LogP contribution in [0.2, 0.25) is 0 Å². The van der Waals surface area contributed by atoms with Gasteiger partial charge in [0.1, 0.15) is 11.3 Å². The van der Waals surface area contributed by atoms with Gasteiger partial charge in [-0.05, 0) is 37.9 Å². The second-order valence-electron chi connectivity index (χ2n) is 8.86. The van der Waals surface area contributed by atoms with E-state index in [0.29, 0.717) is 12.0 Å². The highest BCUT2D eigenvalue weighted by Gasteiger charge is 2.27. The Morgan fingerprint density at radius 1 is 1.00 bits per heavy atom. The van der Waals surface area contributed by atoms with Gasteiger partial charge in [-0.1, -0.05) is 19.1 Å². The third-order valence-electron chi connectivity index (χ3n) is 6.68.